The standard InChI is InChI=1S/C14H18FN3/c1-10-14(12-5-4-6-13(15)9-12)11(2)18(17-10)8-7-16-3/h4-6,9,16H,7-8H2,1-3H3. The van der Waals surface area contributed by atoms with Crippen molar-refractivity contribution in [3.63, 3.8) is 0 Å². The number of halogens is 1. The minimum Gasteiger partial charge on any atom is -0.318 e. The van der Waals surface area contributed by atoms with E-state index in [1.807, 2.05) is 31.6 Å². The van der Waals surface area contributed by atoms with Gasteiger partial charge in [0.15, 0.2) is 0 Å². The molecule has 1 aromatic carbocycles. The first-order valence-electron chi connectivity index (χ1n) is 6.08. The summed E-state index contributed by atoms with van der Waals surface area (Å²) in [4.78, 5) is 0. The van der Waals surface area contributed by atoms with E-state index < -0.39 is 0 Å². The van der Waals surface area contributed by atoms with Gasteiger partial charge in [-0.25, -0.2) is 4.39 Å². The lowest BCUT2D eigenvalue weighted by molar-refractivity contribution is 0.569. The lowest BCUT2D eigenvalue weighted by atomic mass is 10.0. The van der Waals surface area contributed by atoms with Crippen LogP contribution < -0.4 is 5.32 Å². The second-order valence-corrected chi connectivity index (χ2v) is 4.38. The van der Waals surface area contributed by atoms with Crippen LogP contribution in [-0.2, 0) is 6.54 Å². The topological polar surface area (TPSA) is 29.9 Å². The van der Waals surface area contributed by atoms with Gasteiger partial charge in [-0.1, -0.05) is 12.1 Å². The van der Waals surface area contributed by atoms with Crippen molar-refractivity contribution in [1.82, 2.24) is 15.1 Å². The zero-order chi connectivity index (χ0) is 13.1. The number of hydrogen-bond donors (Lipinski definition) is 1. The van der Waals surface area contributed by atoms with E-state index in [0.29, 0.717) is 0 Å². The summed E-state index contributed by atoms with van der Waals surface area (Å²) in [7, 11) is 1.92. The molecule has 2 rings (SSSR count). The Morgan fingerprint density at radius 2 is 2.11 bits per heavy atom. The van der Waals surface area contributed by atoms with Crippen LogP contribution in [0.4, 0.5) is 4.39 Å². The monoisotopic (exact) mass is 247 g/mol. The van der Waals surface area contributed by atoms with Crippen LogP contribution in [0.15, 0.2) is 24.3 Å². The SMILES string of the molecule is CNCCn1nc(C)c(-c2cccc(F)c2)c1C. The molecule has 0 aliphatic heterocycles. The van der Waals surface area contributed by atoms with Crippen molar-refractivity contribution in [3.05, 3.63) is 41.5 Å². The molecular formula is C14H18FN3. The van der Waals surface area contributed by atoms with Crippen LogP contribution >= 0.6 is 0 Å². The number of nitrogens with zero attached hydrogens (tertiary/aromatic N) is 2. The summed E-state index contributed by atoms with van der Waals surface area (Å²) in [6.07, 6.45) is 0. The van der Waals surface area contributed by atoms with E-state index in [-0.39, 0.29) is 5.82 Å². The van der Waals surface area contributed by atoms with Crippen molar-refractivity contribution in [2.45, 2.75) is 20.4 Å². The van der Waals surface area contributed by atoms with E-state index in [1.54, 1.807) is 12.1 Å². The Hall–Kier alpha value is -1.68. The molecule has 0 aliphatic rings. The fraction of sp³-hybridized carbons (Fsp3) is 0.357. The fourth-order valence-corrected chi connectivity index (χ4v) is 2.19. The number of hydrogen-bond acceptors (Lipinski definition) is 2. The average Bonchev–Trinajstić information content (AvgIpc) is 2.62. The minimum atomic E-state index is -0.214. The van der Waals surface area contributed by atoms with E-state index in [9.17, 15) is 4.39 Å². The van der Waals surface area contributed by atoms with Crippen LogP contribution in [0.3, 0.4) is 0 Å². The molecule has 0 radical (unpaired) electrons. The number of aryl methyl sites for hydroxylation is 1. The highest BCUT2D eigenvalue weighted by atomic mass is 19.1. The summed E-state index contributed by atoms with van der Waals surface area (Å²) in [5.41, 5.74) is 3.94. The maximum absolute atomic E-state index is 13.3. The summed E-state index contributed by atoms with van der Waals surface area (Å²) < 4.78 is 15.3. The zero-order valence-electron chi connectivity index (χ0n) is 11.0. The van der Waals surface area contributed by atoms with Gasteiger partial charge in [0.05, 0.1) is 12.2 Å². The van der Waals surface area contributed by atoms with Crippen LogP contribution in [-0.4, -0.2) is 23.4 Å². The number of likely N-dealkylation sites (N-methyl/N-ethyl adjacent to an activating group) is 1. The molecule has 0 spiro atoms. The molecule has 0 saturated carbocycles. The largest absolute Gasteiger partial charge is 0.318 e. The van der Waals surface area contributed by atoms with E-state index >= 15 is 0 Å². The van der Waals surface area contributed by atoms with Crippen molar-refractivity contribution in [1.29, 1.82) is 0 Å². The zero-order valence-corrected chi connectivity index (χ0v) is 11.0. The van der Waals surface area contributed by atoms with Gasteiger partial charge < -0.3 is 5.32 Å². The van der Waals surface area contributed by atoms with Gasteiger partial charge in [-0.05, 0) is 38.6 Å². The van der Waals surface area contributed by atoms with Crippen molar-refractivity contribution in [2.24, 2.45) is 0 Å². The van der Waals surface area contributed by atoms with E-state index in [4.69, 9.17) is 0 Å². The van der Waals surface area contributed by atoms with E-state index in [1.165, 1.54) is 6.07 Å². The molecule has 96 valence electrons. The van der Waals surface area contributed by atoms with E-state index in [0.717, 1.165) is 35.6 Å². The predicted octanol–water partition coefficient (Wildman–Crippen LogP) is 2.53. The summed E-state index contributed by atoms with van der Waals surface area (Å²) in [5, 5.41) is 7.61. The minimum absolute atomic E-state index is 0.214. The molecule has 2 aromatic rings. The van der Waals surface area contributed by atoms with Crippen LogP contribution in [0.1, 0.15) is 11.4 Å². The number of nitrogens with one attached hydrogen (secondary N) is 1. The molecule has 0 amide bonds. The summed E-state index contributed by atoms with van der Waals surface area (Å²) in [6, 6.07) is 6.66. The molecule has 3 nitrogen and oxygen atoms in total. The Morgan fingerprint density at radius 3 is 2.78 bits per heavy atom. The van der Waals surface area contributed by atoms with Gasteiger partial charge in [0, 0.05) is 17.8 Å². The first-order valence-corrected chi connectivity index (χ1v) is 6.08. The second-order valence-electron chi connectivity index (χ2n) is 4.38. The number of aromatic nitrogens is 2. The highest BCUT2D eigenvalue weighted by Crippen LogP contribution is 2.27. The smallest absolute Gasteiger partial charge is 0.123 e. The predicted molar refractivity (Wildman–Crippen MR) is 71.0 cm³/mol. The van der Waals surface area contributed by atoms with Gasteiger partial charge in [-0.2, -0.15) is 5.10 Å². The third kappa shape index (κ3) is 2.43. The fourth-order valence-electron chi connectivity index (χ4n) is 2.19. The highest BCUT2D eigenvalue weighted by Gasteiger charge is 2.13. The van der Waals surface area contributed by atoms with Gasteiger partial charge in [-0.3, -0.25) is 4.68 Å². The highest BCUT2D eigenvalue weighted by molar-refractivity contribution is 5.68. The average molecular weight is 247 g/mol. The van der Waals surface area contributed by atoms with Crippen LogP contribution in [0, 0.1) is 19.7 Å². The third-order valence-corrected chi connectivity index (χ3v) is 3.07. The molecule has 0 bridgehead atoms. The quantitative estimate of drug-likeness (QED) is 0.899. The second kappa shape index (κ2) is 5.31. The van der Waals surface area contributed by atoms with Crippen molar-refractivity contribution in [2.75, 3.05) is 13.6 Å². The van der Waals surface area contributed by atoms with Gasteiger partial charge >= 0.3 is 0 Å². The lowest BCUT2D eigenvalue weighted by Gasteiger charge is -2.05. The number of rotatable bonds is 4. The Labute approximate surface area is 107 Å². The van der Waals surface area contributed by atoms with Crippen molar-refractivity contribution < 1.29 is 4.39 Å². The van der Waals surface area contributed by atoms with Crippen molar-refractivity contribution >= 4 is 0 Å². The summed E-state index contributed by atoms with van der Waals surface area (Å²) in [6.45, 7) is 5.67. The Kier molecular flexibility index (Phi) is 3.77. The Balaban J connectivity index is 2.42. The first-order chi connectivity index (χ1) is 8.63. The normalized spacial score (nSPS) is 10.9. The molecule has 1 heterocycles. The van der Waals surface area contributed by atoms with Gasteiger partial charge in [0.2, 0.25) is 0 Å². The molecule has 0 atom stereocenters. The molecule has 0 fully saturated rings. The first kappa shape index (κ1) is 12.8. The molecule has 4 heteroatoms. The molecule has 0 unspecified atom stereocenters. The van der Waals surface area contributed by atoms with E-state index in [2.05, 4.69) is 10.4 Å². The lowest BCUT2D eigenvalue weighted by Crippen LogP contribution is -2.16. The van der Waals surface area contributed by atoms with Gasteiger partial charge in [0.25, 0.3) is 0 Å². The molecule has 0 saturated heterocycles. The van der Waals surface area contributed by atoms with Gasteiger partial charge in [-0.15, -0.1) is 0 Å². The van der Waals surface area contributed by atoms with Gasteiger partial charge in [0.1, 0.15) is 5.82 Å². The van der Waals surface area contributed by atoms with Crippen LogP contribution in [0.25, 0.3) is 11.1 Å². The Bertz CT molecular complexity index is 546. The molecule has 1 N–H and O–H groups in total. The van der Waals surface area contributed by atoms with Crippen LogP contribution in [0.2, 0.25) is 0 Å². The molecular weight excluding hydrogens is 229 g/mol. The maximum atomic E-state index is 13.3. The third-order valence-electron chi connectivity index (χ3n) is 3.07. The molecule has 1 aromatic heterocycles. The molecule has 18 heavy (non-hydrogen) atoms. The maximum Gasteiger partial charge on any atom is 0.123 e. The molecule has 0 aliphatic carbocycles. The Morgan fingerprint density at radius 1 is 1.33 bits per heavy atom. The van der Waals surface area contributed by atoms with Crippen LogP contribution in [0.5, 0.6) is 0 Å². The number of benzene rings is 1. The summed E-state index contributed by atoms with van der Waals surface area (Å²) in [5.74, 6) is -0.214. The van der Waals surface area contributed by atoms with Crippen molar-refractivity contribution in [3.8, 4) is 11.1 Å². The summed E-state index contributed by atoms with van der Waals surface area (Å²) >= 11 is 0.